The highest BCUT2D eigenvalue weighted by molar-refractivity contribution is 5.81. The third-order valence-electron chi connectivity index (χ3n) is 8.52. The van der Waals surface area contributed by atoms with Gasteiger partial charge in [-0.15, -0.1) is 0 Å². The van der Waals surface area contributed by atoms with Crippen molar-refractivity contribution in [3.05, 3.63) is 46.2 Å². The molecule has 3 aliphatic rings. The van der Waals surface area contributed by atoms with Crippen LogP contribution in [-0.2, 0) is 18.4 Å². The summed E-state index contributed by atoms with van der Waals surface area (Å²) in [6, 6.07) is 10.3. The fraction of sp³-hybridized carbons (Fsp3) is 0.643. The molecule has 0 N–H and O–H groups in total. The van der Waals surface area contributed by atoms with Crippen LogP contribution >= 0.6 is 0 Å². The number of piperidine rings is 1. The molecular weight excluding hydrogens is 410 g/mol. The van der Waals surface area contributed by atoms with E-state index in [1.54, 1.807) is 4.57 Å². The summed E-state index contributed by atoms with van der Waals surface area (Å²) < 4.78 is 1.75. The zero-order valence-electron chi connectivity index (χ0n) is 20.2. The number of benzene rings is 1. The maximum Gasteiger partial charge on any atom is 0.255 e. The van der Waals surface area contributed by atoms with E-state index >= 15 is 0 Å². The van der Waals surface area contributed by atoms with Crippen molar-refractivity contribution in [3.8, 4) is 0 Å². The van der Waals surface area contributed by atoms with Gasteiger partial charge in [-0.3, -0.25) is 9.59 Å². The summed E-state index contributed by atoms with van der Waals surface area (Å²) in [6.45, 7) is 3.82. The lowest BCUT2D eigenvalue weighted by Gasteiger charge is -2.42. The minimum absolute atomic E-state index is 0.0255. The highest BCUT2D eigenvalue weighted by atomic mass is 16.2. The molecule has 1 aromatic heterocycles. The Kier molecular flexibility index (Phi) is 6.86. The van der Waals surface area contributed by atoms with E-state index in [1.165, 1.54) is 32.2 Å². The molecule has 0 atom stereocenters. The van der Waals surface area contributed by atoms with Crippen LogP contribution in [0.25, 0.3) is 10.9 Å². The summed E-state index contributed by atoms with van der Waals surface area (Å²) in [5, 5.41) is 1.06. The van der Waals surface area contributed by atoms with Gasteiger partial charge in [-0.2, -0.15) is 0 Å². The molecule has 0 bridgehead atoms. The first-order valence-corrected chi connectivity index (χ1v) is 13.2. The number of carbonyl (C=O) groups excluding carboxylic acids is 1. The molecule has 2 heterocycles. The van der Waals surface area contributed by atoms with Crippen LogP contribution in [0.15, 0.2) is 35.1 Å². The maximum absolute atomic E-state index is 13.8. The molecule has 5 heteroatoms. The number of aromatic nitrogens is 1. The number of nitrogens with zero attached hydrogens (tertiary/aromatic N) is 3. The molecule has 3 fully saturated rings. The van der Waals surface area contributed by atoms with Crippen molar-refractivity contribution in [3.63, 3.8) is 0 Å². The predicted molar refractivity (Wildman–Crippen MR) is 133 cm³/mol. The number of pyridine rings is 1. The Labute approximate surface area is 197 Å². The van der Waals surface area contributed by atoms with Gasteiger partial charge < -0.3 is 14.4 Å². The van der Waals surface area contributed by atoms with Gasteiger partial charge >= 0.3 is 0 Å². The number of aryl methyl sites for hydroxylation is 1. The molecular formula is C28H39N3O2. The van der Waals surface area contributed by atoms with Crippen molar-refractivity contribution < 1.29 is 4.79 Å². The molecule has 1 aliphatic heterocycles. The standard InChI is InChI=1S/C28H39N3O2/c1-29-26-13-6-5-12-23(26)18-24(27(29)32)20-31(28(33)22-10-3-2-4-11-22)25-14-16-30(17-15-25)19-21-8-7-9-21/h5-6,12-13,18,21-22,25H,2-4,7-11,14-17,19-20H2,1H3. The number of amides is 1. The van der Waals surface area contributed by atoms with Gasteiger partial charge in [0.1, 0.15) is 0 Å². The molecule has 2 aromatic rings. The molecule has 0 unspecified atom stereocenters. The lowest BCUT2D eigenvalue weighted by molar-refractivity contribution is -0.141. The van der Waals surface area contributed by atoms with Crippen LogP contribution < -0.4 is 5.56 Å². The van der Waals surface area contributed by atoms with Gasteiger partial charge in [-0.25, -0.2) is 0 Å². The van der Waals surface area contributed by atoms with E-state index in [4.69, 9.17) is 0 Å². The molecule has 1 saturated heterocycles. The Balaban J connectivity index is 1.37. The van der Waals surface area contributed by atoms with Crippen LogP contribution in [0.4, 0.5) is 0 Å². The van der Waals surface area contributed by atoms with E-state index < -0.39 is 0 Å². The van der Waals surface area contributed by atoms with E-state index in [2.05, 4.69) is 15.9 Å². The Bertz CT molecular complexity index is 1030. The lowest BCUT2D eigenvalue weighted by Crippen LogP contribution is -2.50. The summed E-state index contributed by atoms with van der Waals surface area (Å²) in [5.41, 5.74) is 1.72. The van der Waals surface area contributed by atoms with E-state index in [9.17, 15) is 9.59 Å². The Hall–Kier alpha value is -2.14. The van der Waals surface area contributed by atoms with Gasteiger partial charge in [0.25, 0.3) is 5.56 Å². The Morgan fingerprint density at radius 3 is 2.39 bits per heavy atom. The number of hydrogen-bond acceptors (Lipinski definition) is 3. The fourth-order valence-electron chi connectivity index (χ4n) is 6.21. The minimum atomic E-state index is 0.0255. The Morgan fingerprint density at radius 2 is 1.70 bits per heavy atom. The van der Waals surface area contributed by atoms with Gasteiger partial charge in [0.05, 0.1) is 12.1 Å². The summed E-state index contributed by atoms with van der Waals surface area (Å²) in [6.07, 6.45) is 11.8. The molecule has 1 amide bonds. The average Bonchev–Trinajstić information content (AvgIpc) is 2.83. The number of para-hydroxylation sites is 1. The van der Waals surface area contributed by atoms with Crippen LogP contribution in [0.5, 0.6) is 0 Å². The predicted octanol–water partition coefficient (Wildman–Crippen LogP) is 4.71. The quantitative estimate of drug-likeness (QED) is 0.641. The summed E-state index contributed by atoms with van der Waals surface area (Å²) >= 11 is 0. The van der Waals surface area contributed by atoms with Gasteiger partial charge in [0, 0.05) is 44.2 Å². The second kappa shape index (κ2) is 10.0. The monoisotopic (exact) mass is 449 g/mol. The number of fused-ring (bicyclic) bond motifs is 1. The van der Waals surface area contributed by atoms with Crippen LogP contribution in [0.3, 0.4) is 0 Å². The molecule has 2 aliphatic carbocycles. The largest absolute Gasteiger partial charge is 0.335 e. The van der Waals surface area contributed by atoms with Gasteiger partial charge in [0.2, 0.25) is 5.91 Å². The zero-order valence-corrected chi connectivity index (χ0v) is 20.2. The molecule has 5 nitrogen and oxygen atoms in total. The van der Waals surface area contributed by atoms with Gasteiger partial charge in [-0.05, 0) is 62.0 Å². The van der Waals surface area contributed by atoms with E-state index in [0.717, 1.165) is 74.0 Å². The topological polar surface area (TPSA) is 45.6 Å². The molecule has 2 saturated carbocycles. The maximum atomic E-state index is 13.8. The number of hydrogen-bond donors (Lipinski definition) is 0. The van der Waals surface area contributed by atoms with Crippen molar-refractivity contribution >= 4 is 16.8 Å². The third kappa shape index (κ3) is 4.89. The summed E-state index contributed by atoms with van der Waals surface area (Å²) in [7, 11) is 1.85. The molecule has 178 valence electrons. The minimum Gasteiger partial charge on any atom is -0.335 e. The second-order valence-electron chi connectivity index (χ2n) is 10.7. The molecule has 1 aromatic carbocycles. The first-order valence-electron chi connectivity index (χ1n) is 13.2. The number of carbonyl (C=O) groups is 1. The smallest absolute Gasteiger partial charge is 0.255 e. The summed E-state index contributed by atoms with van der Waals surface area (Å²) in [4.78, 5) is 31.7. The summed E-state index contributed by atoms with van der Waals surface area (Å²) in [5.74, 6) is 1.32. The molecule has 5 rings (SSSR count). The highest BCUT2D eigenvalue weighted by Gasteiger charge is 2.34. The van der Waals surface area contributed by atoms with Crippen molar-refractivity contribution in [1.29, 1.82) is 0 Å². The van der Waals surface area contributed by atoms with Crippen LogP contribution in [0, 0.1) is 11.8 Å². The second-order valence-corrected chi connectivity index (χ2v) is 10.7. The van der Waals surface area contributed by atoms with Crippen LogP contribution in [0.1, 0.15) is 69.8 Å². The van der Waals surface area contributed by atoms with Crippen molar-refractivity contribution in [2.75, 3.05) is 19.6 Å². The number of likely N-dealkylation sites (tertiary alicyclic amines) is 1. The van der Waals surface area contributed by atoms with Crippen LogP contribution in [-0.4, -0.2) is 46.0 Å². The normalized spacial score (nSPS) is 21.2. The first kappa shape index (κ1) is 22.6. The SMILES string of the molecule is Cn1c(=O)c(CN(C(=O)C2CCCCC2)C2CCN(CC3CCC3)CC2)cc2ccccc21. The number of rotatable bonds is 6. The molecule has 33 heavy (non-hydrogen) atoms. The lowest BCUT2D eigenvalue weighted by atomic mass is 9.84. The highest BCUT2D eigenvalue weighted by Crippen LogP contribution is 2.31. The zero-order chi connectivity index (χ0) is 22.8. The first-order chi connectivity index (χ1) is 16.1. The average molecular weight is 450 g/mol. The van der Waals surface area contributed by atoms with Crippen molar-refractivity contribution in [2.45, 2.75) is 76.8 Å². The van der Waals surface area contributed by atoms with Gasteiger partial charge in [0.15, 0.2) is 0 Å². The van der Waals surface area contributed by atoms with E-state index in [-0.39, 0.29) is 17.5 Å². The third-order valence-corrected chi connectivity index (χ3v) is 8.52. The molecule has 0 radical (unpaired) electrons. The van der Waals surface area contributed by atoms with Gasteiger partial charge in [-0.1, -0.05) is 43.9 Å². The van der Waals surface area contributed by atoms with Crippen molar-refractivity contribution in [2.24, 2.45) is 18.9 Å². The Morgan fingerprint density at radius 1 is 0.970 bits per heavy atom. The van der Waals surface area contributed by atoms with E-state index in [0.29, 0.717) is 12.5 Å². The fourth-order valence-corrected chi connectivity index (χ4v) is 6.21. The van der Waals surface area contributed by atoms with Crippen molar-refractivity contribution in [1.82, 2.24) is 14.4 Å². The van der Waals surface area contributed by atoms with E-state index in [1.807, 2.05) is 31.3 Å². The van der Waals surface area contributed by atoms with Crippen LogP contribution in [0.2, 0.25) is 0 Å². The molecule has 0 spiro atoms.